The van der Waals surface area contributed by atoms with Crippen LogP contribution in [0.3, 0.4) is 0 Å². The van der Waals surface area contributed by atoms with E-state index in [4.69, 9.17) is 0 Å². The van der Waals surface area contributed by atoms with Gasteiger partial charge in [0.15, 0.2) is 6.04 Å². The van der Waals surface area contributed by atoms with E-state index in [1.165, 1.54) is 13.3 Å². The van der Waals surface area contributed by atoms with Gasteiger partial charge in [-0.15, -0.1) is 0 Å². The van der Waals surface area contributed by atoms with Crippen molar-refractivity contribution in [3.8, 4) is 11.3 Å². The predicted molar refractivity (Wildman–Crippen MR) is 170 cm³/mol. The zero-order valence-corrected chi connectivity index (χ0v) is 24.9. The van der Waals surface area contributed by atoms with Gasteiger partial charge >= 0.3 is 11.9 Å². The van der Waals surface area contributed by atoms with Gasteiger partial charge in [-0.3, -0.25) is 15.0 Å². The number of imide groups is 1. The second kappa shape index (κ2) is 12.1. The van der Waals surface area contributed by atoms with Gasteiger partial charge in [0.05, 0.1) is 6.54 Å². The van der Waals surface area contributed by atoms with Crippen LogP contribution in [0.5, 0.6) is 0 Å². The number of quaternary nitrogens is 1. The third-order valence-electron chi connectivity index (χ3n) is 9.13. The van der Waals surface area contributed by atoms with Gasteiger partial charge in [-0.25, -0.2) is 9.59 Å². The molecule has 2 saturated heterocycles. The zero-order chi connectivity index (χ0) is 30.0. The number of carbonyl (C=O) groups is 3. The lowest BCUT2D eigenvalue weighted by Gasteiger charge is -2.40. The molecule has 0 aliphatic carbocycles. The fourth-order valence-corrected chi connectivity index (χ4v) is 6.87. The molecule has 0 saturated carbocycles. The second-order valence-corrected chi connectivity index (χ2v) is 12.0. The molecular weight excluding hydrogens is 538 g/mol. The molecule has 3 heterocycles. The largest absolute Gasteiger partial charge is 0.428 e. The van der Waals surface area contributed by atoms with Crippen LogP contribution in [0.2, 0.25) is 0 Å². The first-order valence-electron chi connectivity index (χ1n) is 15.4. The Hall–Kier alpha value is -4.27. The highest BCUT2D eigenvalue weighted by atomic mass is 16.2. The quantitative estimate of drug-likeness (QED) is 0.213. The number of amides is 4. The van der Waals surface area contributed by atoms with Crippen LogP contribution in [0.4, 0.5) is 16.2 Å². The molecule has 4 aromatic rings. The van der Waals surface area contributed by atoms with Crippen molar-refractivity contribution in [3.63, 3.8) is 0 Å². The van der Waals surface area contributed by atoms with Gasteiger partial charge in [-0.2, -0.15) is 4.48 Å². The number of piperidine rings is 1. The van der Waals surface area contributed by atoms with Crippen LogP contribution in [0.1, 0.15) is 57.6 Å². The lowest BCUT2D eigenvalue weighted by molar-refractivity contribution is -0.783. The van der Waals surface area contributed by atoms with Crippen molar-refractivity contribution in [1.82, 2.24) is 9.88 Å². The highest BCUT2D eigenvalue weighted by Crippen LogP contribution is 2.37. The molecule has 0 spiro atoms. The van der Waals surface area contributed by atoms with Crippen LogP contribution in [0.15, 0.2) is 78.9 Å². The number of rotatable bonds is 6. The standard InChI is InChI=1S/C35H39N5O3/c1-24-10-9-21-40(24,34(42)33(27-11-5-3-6-12-27)39-19-7-4-8-20-39)35(43)37-30-17-18-31-28(22-30)23-32(38-31)26-13-15-29(16-14-26)36-25(2)41/h3,5-6,11-18,22-24,33,38H,4,7-10,19-21H2,1-2H3,(H-,36,37,41,43)/p+1/t24-,33-,40?/m1/s1. The Bertz CT molecular complexity index is 1620. The molecule has 2 aliphatic heterocycles. The van der Waals surface area contributed by atoms with Crippen molar-refractivity contribution in [1.29, 1.82) is 0 Å². The fourth-order valence-electron chi connectivity index (χ4n) is 6.87. The van der Waals surface area contributed by atoms with Crippen LogP contribution in [-0.2, 0) is 9.59 Å². The smallest absolute Gasteiger partial charge is 0.355 e. The average molecular weight is 579 g/mol. The average Bonchev–Trinajstić information content (AvgIpc) is 3.62. The van der Waals surface area contributed by atoms with Crippen LogP contribution >= 0.6 is 0 Å². The third kappa shape index (κ3) is 5.72. The van der Waals surface area contributed by atoms with Crippen molar-refractivity contribution in [3.05, 3.63) is 84.4 Å². The molecule has 3 aromatic carbocycles. The first kappa shape index (κ1) is 28.8. The molecule has 0 radical (unpaired) electrons. The summed E-state index contributed by atoms with van der Waals surface area (Å²) in [6.07, 6.45) is 4.98. The maximum atomic E-state index is 14.7. The number of fused-ring (bicyclic) bond motifs is 1. The van der Waals surface area contributed by atoms with E-state index in [1.807, 2.05) is 85.8 Å². The van der Waals surface area contributed by atoms with E-state index in [0.717, 1.165) is 72.2 Å². The molecule has 3 N–H and O–H groups in total. The van der Waals surface area contributed by atoms with Crippen LogP contribution in [0, 0.1) is 0 Å². The number of nitrogens with one attached hydrogen (secondary N) is 3. The summed E-state index contributed by atoms with van der Waals surface area (Å²) < 4.78 is -0.187. The summed E-state index contributed by atoms with van der Waals surface area (Å²) in [6.45, 7) is 5.77. The fraction of sp³-hybridized carbons (Fsp3) is 0.343. The Kier molecular flexibility index (Phi) is 8.15. The minimum absolute atomic E-state index is 0.0247. The molecule has 1 unspecified atom stereocenters. The Morgan fingerprint density at radius 3 is 2.26 bits per heavy atom. The maximum Gasteiger partial charge on any atom is 0.428 e. The number of likely N-dealkylation sites (tertiary alicyclic amines) is 2. The molecule has 43 heavy (non-hydrogen) atoms. The van der Waals surface area contributed by atoms with Gasteiger partial charge < -0.3 is 10.3 Å². The Morgan fingerprint density at radius 2 is 1.58 bits per heavy atom. The topological polar surface area (TPSA) is 94.3 Å². The molecule has 1 aromatic heterocycles. The molecule has 8 heteroatoms. The number of hydrogen-bond acceptors (Lipinski definition) is 4. The van der Waals surface area contributed by atoms with Crippen molar-refractivity contribution in [2.45, 2.75) is 58.0 Å². The molecule has 0 bridgehead atoms. The highest BCUT2D eigenvalue weighted by molar-refractivity contribution is 5.97. The van der Waals surface area contributed by atoms with E-state index in [1.54, 1.807) is 0 Å². The molecule has 3 atom stereocenters. The Morgan fingerprint density at radius 1 is 0.860 bits per heavy atom. The molecule has 2 fully saturated rings. The Balaban J connectivity index is 1.27. The summed E-state index contributed by atoms with van der Waals surface area (Å²) in [5, 5.41) is 6.90. The summed E-state index contributed by atoms with van der Waals surface area (Å²) in [5.74, 6) is -0.132. The number of benzene rings is 3. The third-order valence-corrected chi connectivity index (χ3v) is 9.13. The Labute approximate surface area is 252 Å². The molecule has 8 nitrogen and oxygen atoms in total. The maximum absolute atomic E-state index is 14.7. The van der Waals surface area contributed by atoms with Crippen molar-refractivity contribution in [2.24, 2.45) is 0 Å². The summed E-state index contributed by atoms with van der Waals surface area (Å²) in [6, 6.07) is 24.7. The lowest BCUT2D eigenvalue weighted by Crippen LogP contribution is -2.64. The number of nitrogens with zero attached hydrogens (tertiary/aromatic N) is 2. The van der Waals surface area contributed by atoms with Crippen molar-refractivity contribution in [2.75, 3.05) is 30.3 Å². The summed E-state index contributed by atoms with van der Waals surface area (Å²) in [7, 11) is 0. The molecular formula is C35H40N5O3+. The number of hydrogen-bond donors (Lipinski definition) is 3. The number of aromatic amines is 1. The molecule has 222 valence electrons. The first-order chi connectivity index (χ1) is 20.8. The summed E-state index contributed by atoms with van der Waals surface area (Å²) >= 11 is 0. The zero-order valence-electron chi connectivity index (χ0n) is 24.9. The van der Waals surface area contributed by atoms with Gasteiger partial charge in [0, 0.05) is 47.7 Å². The van der Waals surface area contributed by atoms with E-state index >= 15 is 0 Å². The number of aromatic nitrogens is 1. The van der Waals surface area contributed by atoms with Crippen LogP contribution in [0.25, 0.3) is 22.2 Å². The van der Waals surface area contributed by atoms with E-state index < -0.39 is 6.04 Å². The van der Waals surface area contributed by atoms with E-state index in [0.29, 0.717) is 12.2 Å². The van der Waals surface area contributed by atoms with Gasteiger partial charge in [-0.1, -0.05) is 48.9 Å². The van der Waals surface area contributed by atoms with Crippen LogP contribution in [-0.4, -0.2) is 57.9 Å². The van der Waals surface area contributed by atoms with Gasteiger partial charge in [0.2, 0.25) is 5.91 Å². The van der Waals surface area contributed by atoms with E-state index in [-0.39, 0.29) is 28.4 Å². The van der Waals surface area contributed by atoms with Crippen molar-refractivity contribution >= 4 is 40.1 Å². The number of urea groups is 1. The SMILES string of the molecule is CC(=O)Nc1ccc(-c2cc3cc(NC(=O)[N+]4(C(=O)[C@@H](c5ccccc5)N5CCCCC5)CCC[C@H]4C)ccc3[nH]2)cc1. The minimum atomic E-state index is -0.445. The van der Waals surface area contributed by atoms with Gasteiger partial charge in [0.1, 0.15) is 6.04 Å². The minimum Gasteiger partial charge on any atom is -0.355 e. The lowest BCUT2D eigenvalue weighted by atomic mass is 9.99. The summed E-state index contributed by atoms with van der Waals surface area (Å²) in [5.41, 5.74) is 5.25. The highest BCUT2D eigenvalue weighted by Gasteiger charge is 2.56. The predicted octanol–water partition coefficient (Wildman–Crippen LogP) is 7.08. The van der Waals surface area contributed by atoms with Crippen LogP contribution < -0.4 is 10.6 Å². The normalized spacial score (nSPS) is 21.4. The molecule has 2 aliphatic rings. The van der Waals surface area contributed by atoms with Gasteiger partial charge in [0.25, 0.3) is 0 Å². The number of carbonyl (C=O) groups excluding carboxylic acids is 3. The number of H-pyrrole nitrogens is 1. The number of anilines is 2. The second-order valence-electron chi connectivity index (χ2n) is 12.0. The first-order valence-corrected chi connectivity index (χ1v) is 15.4. The van der Waals surface area contributed by atoms with E-state index in [9.17, 15) is 14.4 Å². The molecule has 6 rings (SSSR count). The monoisotopic (exact) mass is 578 g/mol. The van der Waals surface area contributed by atoms with Gasteiger partial charge in [-0.05, 0) is 80.4 Å². The van der Waals surface area contributed by atoms with E-state index in [2.05, 4.69) is 20.5 Å². The van der Waals surface area contributed by atoms with Crippen molar-refractivity contribution < 1.29 is 18.9 Å². The molecule has 4 amide bonds. The summed E-state index contributed by atoms with van der Waals surface area (Å²) in [4.78, 5) is 46.1.